The van der Waals surface area contributed by atoms with Gasteiger partial charge in [-0.15, -0.1) is 0 Å². The number of nitrogens with one attached hydrogen (secondary N) is 1. The number of hydrogen-bond acceptors (Lipinski definition) is 2. The second-order valence-electron chi connectivity index (χ2n) is 10.1. The summed E-state index contributed by atoms with van der Waals surface area (Å²) >= 11 is 0. The second-order valence-corrected chi connectivity index (χ2v) is 10.1. The van der Waals surface area contributed by atoms with E-state index in [0.29, 0.717) is 17.4 Å². The molecule has 0 aromatic heterocycles. The molecule has 0 bridgehead atoms. The molecule has 1 saturated carbocycles. The van der Waals surface area contributed by atoms with Crippen LogP contribution in [0.5, 0.6) is 0 Å². The lowest BCUT2D eigenvalue weighted by atomic mass is 9.59. The Hall–Kier alpha value is -0.0800. The summed E-state index contributed by atoms with van der Waals surface area (Å²) in [6, 6.07) is 0.771. The molecule has 26 heavy (non-hydrogen) atoms. The van der Waals surface area contributed by atoms with Gasteiger partial charge in [-0.1, -0.05) is 47.5 Å². The van der Waals surface area contributed by atoms with Gasteiger partial charge in [-0.3, -0.25) is 0 Å². The van der Waals surface area contributed by atoms with Gasteiger partial charge in [-0.25, -0.2) is 0 Å². The maximum absolute atomic E-state index is 6.35. The lowest BCUT2D eigenvalue weighted by Crippen LogP contribution is -2.50. The smallest absolute Gasteiger partial charge is 0.0608 e. The minimum absolute atomic E-state index is 0.358. The van der Waals surface area contributed by atoms with Gasteiger partial charge in [0.25, 0.3) is 0 Å². The van der Waals surface area contributed by atoms with E-state index >= 15 is 0 Å². The highest BCUT2D eigenvalue weighted by Gasteiger charge is 2.44. The molecule has 0 radical (unpaired) electrons. The zero-order valence-electron chi connectivity index (χ0n) is 18.7. The standard InChI is InChI=1S/C24H47NO/c1-7-11-18(4)17-24(5,6)23(22(8-2)26-9-3)20-14-13-19-12-10-15-25-21(19)16-20/h18-23,25H,7-17H2,1-6H3. The normalized spacial score (nSPS) is 30.5. The third-order valence-corrected chi connectivity index (χ3v) is 7.44. The monoisotopic (exact) mass is 365 g/mol. The van der Waals surface area contributed by atoms with Crippen LogP contribution in [0.15, 0.2) is 0 Å². The van der Waals surface area contributed by atoms with Gasteiger partial charge in [0.15, 0.2) is 0 Å². The molecule has 0 aromatic rings. The Morgan fingerprint density at radius 1 is 1.12 bits per heavy atom. The van der Waals surface area contributed by atoms with Crippen molar-refractivity contribution in [1.29, 1.82) is 0 Å². The van der Waals surface area contributed by atoms with Gasteiger partial charge in [0.1, 0.15) is 0 Å². The highest BCUT2D eigenvalue weighted by atomic mass is 16.5. The van der Waals surface area contributed by atoms with Crippen LogP contribution in [0.1, 0.15) is 99.3 Å². The average Bonchev–Trinajstić information content (AvgIpc) is 2.60. The van der Waals surface area contributed by atoms with Crippen LogP contribution in [0.3, 0.4) is 0 Å². The molecule has 2 nitrogen and oxygen atoms in total. The summed E-state index contributed by atoms with van der Waals surface area (Å²) in [6.45, 7) is 16.5. The molecule has 6 atom stereocenters. The second kappa shape index (κ2) is 10.5. The summed E-state index contributed by atoms with van der Waals surface area (Å²) < 4.78 is 6.35. The fourth-order valence-electron chi connectivity index (χ4n) is 6.60. The van der Waals surface area contributed by atoms with Crippen molar-refractivity contribution in [3.8, 4) is 0 Å². The van der Waals surface area contributed by atoms with E-state index in [1.807, 2.05) is 0 Å². The van der Waals surface area contributed by atoms with E-state index in [0.717, 1.165) is 36.8 Å². The van der Waals surface area contributed by atoms with Crippen molar-refractivity contribution in [1.82, 2.24) is 5.32 Å². The van der Waals surface area contributed by atoms with Crippen LogP contribution in [0, 0.1) is 29.1 Å². The quantitative estimate of drug-likeness (QED) is 0.481. The average molecular weight is 366 g/mol. The molecule has 2 heteroatoms. The Morgan fingerprint density at radius 3 is 2.54 bits per heavy atom. The summed E-state index contributed by atoms with van der Waals surface area (Å²) in [7, 11) is 0. The van der Waals surface area contributed by atoms with Gasteiger partial charge >= 0.3 is 0 Å². The Kier molecular flexibility index (Phi) is 8.94. The Balaban J connectivity index is 2.16. The molecule has 2 fully saturated rings. The lowest BCUT2D eigenvalue weighted by Gasteiger charge is -2.49. The van der Waals surface area contributed by atoms with E-state index in [2.05, 4.69) is 46.9 Å². The van der Waals surface area contributed by atoms with Gasteiger partial charge in [0.05, 0.1) is 6.10 Å². The Bertz CT molecular complexity index is 394. The maximum Gasteiger partial charge on any atom is 0.0608 e. The van der Waals surface area contributed by atoms with Gasteiger partial charge < -0.3 is 10.1 Å². The maximum atomic E-state index is 6.35. The Labute approximate surface area is 164 Å². The first-order chi connectivity index (χ1) is 12.4. The molecule has 2 aliphatic rings. The first kappa shape index (κ1) is 22.2. The molecule has 1 N–H and O–H groups in total. The van der Waals surface area contributed by atoms with Crippen LogP contribution in [-0.2, 0) is 4.74 Å². The molecule has 0 spiro atoms. The van der Waals surface area contributed by atoms with E-state index in [1.165, 1.54) is 57.9 Å². The van der Waals surface area contributed by atoms with Crippen LogP contribution >= 0.6 is 0 Å². The third-order valence-electron chi connectivity index (χ3n) is 7.44. The van der Waals surface area contributed by atoms with Crippen LogP contribution in [0.2, 0.25) is 0 Å². The molecule has 1 saturated heterocycles. The van der Waals surface area contributed by atoms with Gasteiger partial charge in [-0.05, 0) is 87.5 Å². The summed E-state index contributed by atoms with van der Waals surface area (Å²) in [5.74, 6) is 3.27. The van der Waals surface area contributed by atoms with Crippen molar-refractivity contribution >= 4 is 0 Å². The summed E-state index contributed by atoms with van der Waals surface area (Å²) in [6.07, 6.45) is 12.7. The molecular weight excluding hydrogens is 318 g/mol. The highest BCUT2D eigenvalue weighted by Crippen LogP contribution is 2.48. The van der Waals surface area contributed by atoms with Crippen LogP contribution in [0.4, 0.5) is 0 Å². The summed E-state index contributed by atoms with van der Waals surface area (Å²) in [5, 5.41) is 3.87. The van der Waals surface area contributed by atoms with Crippen molar-refractivity contribution in [3.05, 3.63) is 0 Å². The molecule has 1 heterocycles. The largest absolute Gasteiger partial charge is 0.378 e. The van der Waals surface area contributed by atoms with Gasteiger partial charge in [-0.2, -0.15) is 0 Å². The molecule has 2 rings (SSSR count). The number of hydrogen-bond donors (Lipinski definition) is 1. The zero-order valence-corrected chi connectivity index (χ0v) is 18.7. The predicted octanol–water partition coefficient (Wildman–Crippen LogP) is 6.44. The predicted molar refractivity (Wildman–Crippen MR) is 114 cm³/mol. The number of rotatable bonds is 10. The topological polar surface area (TPSA) is 21.3 Å². The molecule has 6 unspecified atom stereocenters. The number of fused-ring (bicyclic) bond motifs is 1. The van der Waals surface area contributed by atoms with E-state index in [9.17, 15) is 0 Å². The van der Waals surface area contributed by atoms with Crippen molar-refractivity contribution in [2.45, 2.75) is 111 Å². The molecule has 154 valence electrons. The minimum Gasteiger partial charge on any atom is -0.378 e. The number of piperidine rings is 1. The zero-order chi connectivity index (χ0) is 19.2. The van der Waals surface area contributed by atoms with Crippen molar-refractivity contribution < 1.29 is 4.74 Å². The SMILES string of the molecule is CCCC(C)CC(C)(C)C(C1CCC2CCCNC2C1)C(CC)OCC. The highest BCUT2D eigenvalue weighted by molar-refractivity contribution is 4.96. The minimum atomic E-state index is 0.358. The first-order valence-electron chi connectivity index (χ1n) is 11.8. The summed E-state index contributed by atoms with van der Waals surface area (Å²) in [4.78, 5) is 0. The van der Waals surface area contributed by atoms with Crippen molar-refractivity contribution in [2.75, 3.05) is 13.2 Å². The number of ether oxygens (including phenoxy) is 1. The van der Waals surface area contributed by atoms with Crippen molar-refractivity contribution in [3.63, 3.8) is 0 Å². The van der Waals surface area contributed by atoms with E-state index in [1.54, 1.807) is 0 Å². The fourth-order valence-corrected chi connectivity index (χ4v) is 6.60. The first-order valence-corrected chi connectivity index (χ1v) is 11.8. The van der Waals surface area contributed by atoms with E-state index in [-0.39, 0.29) is 0 Å². The summed E-state index contributed by atoms with van der Waals surface area (Å²) in [5.41, 5.74) is 0.358. The molecule has 1 aliphatic heterocycles. The molecule has 0 amide bonds. The van der Waals surface area contributed by atoms with Crippen LogP contribution in [-0.4, -0.2) is 25.3 Å². The van der Waals surface area contributed by atoms with Crippen molar-refractivity contribution in [2.24, 2.45) is 29.1 Å². The fraction of sp³-hybridized carbons (Fsp3) is 1.00. The Morgan fingerprint density at radius 2 is 1.88 bits per heavy atom. The van der Waals surface area contributed by atoms with E-state index < -0.39 is 0 Å². The van der Waals surface area contributed by atoms with Gasteiger partial charge in [0, 0.05) is 12.6 Å². The molecule has 1 aliphatic carbocycles. The molecule has 0 aromatic carbocycles. The van der Waals surface area contributed by atoms with Gasteiger partial charge in [0.2, 0.25) is 0 Å². The third kappa shape index (κ3) is 5.71. The van der Waals surface area contributed by atoms with Crippen LogP contribution < -0.4 is 5.32 Å². The lowest BCUT2D eigenvalue weighted by molar-refractivity contribution is -0.0723. The molecular formula is C24H47NO. The van der Waals surface area contributed by atoms with E-state index in [4.69, 9.17) is 4.74 Å². The van der Waals surface area contributed by atoms with Crippen LogP contribution in [0.25, 0.3) is 0 Å².